The minimum absolute atomic E-state index is 0.252. The maximum absolute atomic E-state index is 11.6. The average Bonchev–Trinajstić information content (AvgIpc) is 3.04. The molecule has 7 heteroatoms. The van der Waals surface area contributed by atoms with Gasteiger partial charge < -0.3 is 4.74 Å². The van der Waals surface area contributed by atoms with Crippen LogP contribution in [0, 0.1) is 0 Å². The van der Waals surface area contributed by atoms with Crippen LogP contribution in [-0.2, 0) is 6.42 Å². The second-order valence-electron chi connectivity index (χ2n) is 4.27. The van der Waals surface area contributed by atoms with Crippen LogP contribution in [0.1, 0.15) is 5.56 Å². The molecule has 0 aliphatic carbocycles. The molecule has 2 aromatic heterocycles. The molecule has 0 fully saturated rings. The number of ether oxygens (including phenoxy) is 1. The van der Waals surface area contributed by atoms with E-state index in [0.29, 0.717) is 15.9 Å². The van der Waals surface area contributed by atoms with Gasteiger partial charge in [-0.1, -0.05) is 5.21 Å². The van der Waals surface area contributed by atoms with E-state index < -0.39 is 0 Å². The topological polar surface area (TPSA) is 80.8 Å². The van der Waals surface area contributed by atoms with Gasteiger partial charge in [-0.2, -0.15) is 4.37 Å². The van der Waals surface area contributed by atoms with Crippen LogP contribution in [0.15, 0.2) is 23.0 Å². The third-order valence-electron chi connectivity index (χ3n) is 3.14. The van der Waals surface area contributed by atoms with Gasteiger partial charge in [-0.25, -0.2) is 5.10 Å². The first-order chi connectivity index (χ1) is 9.33. The van der Waals surface area contributed by atoms with Gasteiger partial charge in [0, 0.05) is 12.0 Å². The zero-order chi connectivity index (χ0) is 12.8. The largest absolute Gasteiger partial charge is 0.493 e. The summed E-state index contributed by atoms with van der Waals surface area (Å²) in [7, 11) is 0. The highest BCUT2D eigenvalue weighted by Gasteiger charge is 2.17. The summed E-state index contributed by atoms with van der Waals surface area (Å²) in [6.45, 7) is 0.718. The zero-order valence-electron chi connectivity index (χ0n) is 9.71. The van der Waals surface area contributed by atoms with Crippen LogP contribution in [0.5, 0.6) is 5.75 Å². The monoisotopic (exact) mass is 272 g/mol. The second kappa shape index (κ2) is 3.86. The quantitative estimate of drug-likeness (QED) is 0.723. The van der Waals surface area contributed by atoms with E-state index >= 15 is 0 Å². The van der Waals surface area contributed by atoms with Crippen molar-refractivity contribution in [3.8, 4) is 17.0 Å². The lowest BCUT2D eigenvalue weighted by Gasteiger charge is -2.01. The molecule has 6 nitrogen and oxygen atoms in total. The molecule has 0 bridgehead atoms. The molecular formula is C12H8N4O2S. The first kappa shape index (κ1) is 10.6. The summed E-state index contributed by atoms with van der Waals surface area (Å²) in [5.41, 5.74) is 3.10. The minimum atomic E-state index is -0.252. The fourth-order valence-corrected chi connectivity index (χ4v) is 2.95. The molecule has 0 amide bonds. The van der Waals surface area contributed by atoms with E-state index in [9.17, 15) is 4.79 Å². The lowest BCUT2D eigenvalue weighted by molar-refractivity contribution is 0.357. The third kappa shape index (κ3) is 1.55. The predicted octanol–water partition coefficient (Wildman–Crippen LogP) is 1.38. The molecular weight excluding hydrogens is 264 g/mol. The summed E-state index contributed by atoms with van der Waals surface area (Å²) < 4.78 is 10.3. The SMILES string of the molecule is O=c1[nH]nnc2c(-c3ccc4c(c3)CCO4)nsc12. The van der Waals surface area contributed by atoms with Gasteiger partial charge in [0.05, 0.1) is 6.61 Å². The van der Waals surface area contributed by atoms with Crippen molar-refractivity contribution >= 4 is 21.7 Å². The number of nitrogens with one attached hydrogen (secondary N) is 1. The highest BCUT2D eigenvalue weighted by Crippen LogP contribution is 2.32. The molecule has 4 rings (SSSR count). The summed E-state index contributed by atoms with van der Waals surface area (Å²) in [5.74, 6) is 0.923. The van der Waals surface area contributed by atoms with E-state index in [1.807, 2.05) is 18.2 Å². The van der Waals surface area contributed by atoms with Crippen molar-refractivity contribution in [2.75, 3.05) is 6.61 Å². The zero-order valence-corrected chi connectivity index (χ0v) is 10.5. The Morgan fingerprint density at radius 1 is 1.37 bits per heavy atom. The third-order valence-corrected chi connectivity index (χ3v) is 3.97. The van der Waals surface area contributed by atoms with E-state index in [4.69, 9.17) is 4.74 Å². The Labute approximate surface area is 111 Å². The Balaban J connectivity index is 1.95. The molecule has 19 heavy (non-hydrogen) atoms. The number of hydrogen-bond acceptors (Lipinski definition) is 6. The van der Waals surface area contributed by atoms with E-state index in [1.165, 1.54) is 0 Å². The molecule has 1 aliphatic heterocycles. The van der Waals surface area contributed by atoms with Gasteiger partial charge in [0.1, 0.15) is 21.7 Å². The molecule has 0 saturated carbocycles. The highest BCUT2D eigenvalue weighted by molar-refractivity contribution is 7.13. The van der Waals surface area contributed by atoms with Crippen LogP contribution in [0.4, 0.5) is 0 Å². The summed E-state index contributed by atoms with van der Waals surface area (Å²) in [4.78, 5) is 11.6. The normalized spacial score (nSPS) is 13.5. The number of nitrogens with zero attached hydrogens (tertiary/aromatic N) is 3. The number of hydrogen-bond donors (Lipinski definition) is 1. The number of benzene rings is 1. The first-order valence-electron chi connectivity index (χ1n) is 5.80. The Kier molecular flexibility index (Phi) is 2.16. The maximum atomic E-state index is 11.6. The Hall–Kier alpha value is -2.28. The lowest BCUT2D eigenvalue weighted by Crippen LogP contribution is -2.07. The number of H-pyrrole nitrogens is 1. The van der Waals surface area contributed by atoms with Gasteiger partial charge in [-0.15, -0.1) is 5.10 Å². The van der Waals surface area contributed by atoms with Crippen molar-refractivity contribution in [2.24, 2.45) is 0 Å². The standard InChI is InChI=1S/C12H8N4O2S/c17-12-11-10(13-16-14-12)9(15-19-11)7-1-2-8-6(5-7)3-4-18-8/h1-2,5H,3-4H2,(H,13,14,17). The van der Waals surface area contributed by atoms with Crippen molar-refractivity contribution in [1.29, 1.82) is 0 Å². The summed E-state index contributed by atoms with van der Waals surface area (Å²) in [6, 6.07) is 5.91. The minimum Gasteiger partial charge on any atom is -0.493 e. The molecule has 3 aromatic rings. The predicted molar refractivity (Wildman–Crippen MR) is 70.5 cm³/mol. The number of aromatic nitrogens is 4. The molecule has 1 N–H and O–H groups in total. The van der Waals surface area contributed by atoms with Crippen LogP contribution in [0.2, 0.25) is 0 Å². The molecule has 0 saturated heterocycles. The number of aromatic amines is 1. The molecule has 0 unspecified atom stereocenters. The molecule has 0 spiro atoms. The highest BCUT2D eigenvalue weighted by atomic mass is 32.1. The number of rotatable bonds is 1. The average molecular weight is 272 g/mol. The molecule has 1 aromatic carbocycles. The van der Waals surface area contributed by atoms with Gasteiger partial charge >= 0.3 is 0 Å². The van der Waals surface area contributed by atoms with Crippen molar-refractivity contribution in [1.82, 2.24) is 19.8 Å². The second-order valence-corrected chi connectivity index (χ2v) is 5.04. The lowest BCUT2D eigenvalue weighted by atomic mass is 10.1. The molecule has 1 aliphatic rings. The molecule has 0 atom stereocenters. The summed E-state index contributed by atoms with van der Waals surface area (Å²) in [5, 5.41) is 9.90. The Morgan fingerprint density at radius 2 is 2.32 bits per heavy atom. The summed E-state index contributed by atoms with van der Waals surface area (Å²) >= 11 is 1.14. The Morgan fingerprint density at radius 3 is 3.26 bits per heavy atom. The van der Waals surface area contributed by atoms with Crippen molar-refractivity contribution in [2.45, 2.75) is 6.42 Å². The molecule has 0 radical (unpaired) electrons. The Bertz CT molecular complexity index is 839. The van der Waals surface area contributed by atoms with Crippen LogP contribution in [-0.4, -0.2) is 26.4 Å². The first-order valence-corrected chi connectivity index (χ1v) is 6.57. The van der Waals surface area contributed by atoms with E-state index in [2.05, 4.69) is 19.8 Å². The fourth-order valence-electron chi connectivity index (χ4n) is 2.22. The van der Waals surface area contributed by atoms with E-state index in [-0.39, 0.29) is 5.56 Å². The van der Waals surface area contributed by atoms with Crippen LogP contribution >= 0.6 is 11.5 Å². The van der Waals surface area contributed by atoms with Gasteiger partial charge in [0.2, 0.25) is 0 Å². The van der Waals surface area contributed by atoms with Crippen molar-refractivity contribution in [3.05, 3.63) is 34.1 Å². The van der Waals surface area contributed by atoms with Crippen molar-refractivity contribution < 1.29 is 4.74 Å². The van der Waals surface area contributed by atoms with Crippen molar-refractivity contribution in [3.63, 3.8) is 0 Å². The van der Waals surface area contributed by atoms with Gasteiger partial charge in [0.25, 0.3) is 5.56 Å². The summed E-state index contributed by atoms with van der Waals surface area (Å²) in [6.07, 6.45) is 0.900. The smallest absolute Gasteiger partial charge is 0.286 e. The fraction of sp³-hybridized carbons (Fsp3) is 0.167. The van der Waals surface area contributed by atoms with Gasteiger partial charge in [-0.3, -0.25) is 4.79 Å². The van der Waals surface area contributed by atoms with Gasteiger partial charge in [-0.05, 0) is 35.3 Å². The number of fused-ring (bicyclic) bond motifs is 2. The van der Waals surface area contributed by atoms with Crippen LogP contribution in [0.3, 0.4) is 0 Å². The van der Waals surface area contributed by atoms with Crippen LogP contribution in [0.25, 0.3) is 21.5 Å². The molecule has 94 valence electrons. The maximum Gasteiger partial charge on any atom is 0.286 e. The molecule has 3 heterocycles. The van der Waals surface area contributed by atoms with Crippen LogP contribution < -0.4 is 10.3 Å². The van der Waals surface area contributed by atoms with Gasteiger partial charge in [0.15, 0.2) is 0 Å². The van der Waals surface area contributed by atoms with E-state index in [0.717, 1.165) is 41.4 Å². The van der Waals surface area contributed by atoms with E-state index in [1.54, 1.807) is 0 Å².